The van der Waals surface area contributed by atoms with E-state index in [1.165, 1.54) is 0 Å². The van der Waals surface area contributed by atoms with E-state index in [-0.39, 0.29) is 5.78 Å². The van der Waals surface area contributed by atoms with Crippen molar-refractivity contribution in [2.45, 2.75) is 6.92 Å². The van der Waals surface area contributed by atoms with E-state index in [0.717, 1.165) is 11.1 Å². The number of carbonyl (C=O) groups excluding carboxylic acids is 1. The molecule has 0 saturated heterocycles. The van der Waals surface area contributed by atoms with Gasteiger partial charge in [-0.05, 0) is 36.3 Å². The molecule has 18 heavy (non-hydrogen) atoms. The van der Waals surface area contributed by atoms with Gasteiger partial charge in [0, 0.05) is 11.3 Å². The summed E-state index contributed by atoms with van der Waals surface area (Å²) in [6.07, 6.45) is 3.39. The fourth-order valence-corrected chi connectivity index (χ4v) is 1.75. The minimum absolute atomic E-state index is 0.0728. The Hall–Kier alpha value is -2.35. The first-order valence-electron chi connectivity index (χ1n) is 5.81. The third-order valence-electron chi connectivity index (χ3n) is 2.83. The first kappa shape index (κ1) is 12.1. The molecule has 90 valence electrons. The summed E-state index contributed by atoms with van der Waals surface area (Å²) in [6.45, 7) is 2.01. The minimum atomic E-state index is -0.0728. The molecule has 2 nitrogen and oxygen atoms in total. The first-order valence-corrected chi connectivity index (χ1v) is 5.81. The van der Waals surface area contributed by atoms with Crippen LogP contribution in [0.2, 0.25) is 0 Å². The molecule has 2 aromatic carbocycles. The van der Waals surface area contributed by atoms with Gasteiger partial charge in [0.1, 0.15) is 0 Å². The summed E-state index contributed by atoms with van der Waals surface area (Å²) >= 11 is 0. The van der Waals surface area contributed by atoms with E-state index in [1.54, 1.807) is 18.2 Å². The van der Waals surface area contributed by atoms with Gasteiger partial charge < -0.3 is 5.73 Å². The number of para-hydroxylation sites is 1. The van der Waals surface area contributed by atoms with Crippen molar-refractivity contribution in [3.05, 3.63) is 71.3 Å². The number of allylic oxidation sites excluding steroid dienone is 1. The van der Waals surface area contributed by atoms with Crippen molar-refractivity contribution in [1.82, 2.24) is 0 Å². The molecule has 0 radical (unpaired) electrons. The van der Waals surface area contributed by atoms with Crippen molar-refractivity contribution in [1.29, 1.82) is 0 Å². The number of nitrogens with two attached hydrogens (primary N) is 1. The van der Waals surface area contributed by atoms with Crippen molar-refractivity contribution in [2.24, 2.45) is 0 Å². The second-order valence-corrected chi connectivity index (χ2v) is 4.14. The quantitative estimate of drug-likeness (QED) is 0.504. The van der Waals surface area contributed by atoms with Gasteiger partial charge in [0.15, 0.2) is 5.78 Å². The molecule has 0 aliphatic heterocycles. The van der Waals surface area contributed by atoms with E-state index in [0.29, 0.717) is 11.3 Å². The van der Waals surface area contributed by atoms with E-state index in [2.05, 4.69) is 0 Å². The molecule has 0 fully saturated rings. The minimum Gasteiger partial charge on any atom is -0.398 e. The Kier molecular flexibility index (Phi) is 3.58. The number of aryl methyl sites for hydroxylation is 1. The fourth-order valence-electron chi connectivity index (χ4n) is 1.75. The van der Waals surface area contributed by atoms with Crippen LogP contribution in [0.1, 0.15) is 21.5 Å². The molecule has 0 heterocycles. The summed E-state index contributed by atoms with van der Waals surface area (Å²) in [6, 6.07) is 15.0. The summed E-state index contributed by atoms with van der Waals surface area (Å²) < 4.78 is 0. The Morgan fingerprint density at radius 1 is 1.06 bits per heavy atom. The van der Waals surface area contributed by atoms with Crippen LogP contribution in [0, 0.1) is 6.92 Å². The van der Waals surface area contributed by atoms with Crippen LogP contribution in [0.5, 0.6) is 0 Å². The predicted octanol–water partition coefficient (Wildman–Crippen LogP) is 3.47. The molecule has 0 spiro atoms. The number of hydrogen-bond donors (Lipinski definition) is 1. The molecule has 0 aliphatic rings. The third-order valence-corrected chi connectivity index (χ3v) is 2.83. The zero-order valence-electron chi connectivity index (χ0n) is 10.3. The van der Waals surface area contributed by atoms with Crippen LogP contribution in [-0.2, 0) is 0 Å². The van der Waals surface area contributed by atoms with Crippen LogP contribution in [-0.4, -0.2) is 5.78 Å². The van der Waals surface area contributed by atoms with Gasteiger partial charge >= 0.3 is 0 Å². The molecule has 0 saturated carbocycles. The number of anilines is 1. The summed E-state index contributed by atoms with van der Waals surface area (Å²) in [4.78, 5) is 12.0. The maximum absolute atomic E-state index is 12.0. The van der Waals surface area contributed by atoms with Crippen molar-refractivity contribution in [3.8, 4) is 0 Å². The van der Waals surface area contributed by atoms with Crippen LogP contribution in [0.25, 0.3) is 6.08 Å². The Bertz CT molecular complexity index is 600. The maximum Gasteiger partial charge on any atom is 0.187 e. The largest absolute Gasteiger partial charge is 0.398 e. The van der Waals surface area contributed by atoms with Crippen LogP contribution in [0.15, 0.2) is 54.6 Å². The molecule has 2 aromatic rings. The molecule has 0 amide bonds. The second-order valence-electron chi connectivity index (χ2n) is 4.14. The van der Waals surface area contributed by atoms with Gasteiger partial charge in [0.25, 0.3) is 0 Å². The van der Waals surface area contributed by atoms with Gasteiger partial charge in [-0.25, -0.2) is 0 Å². The van der Waals surface area contributed by atoms with Crippen molar-refractivity contribution >= 4 is 17.5 Å². The normalized spacial score (nSPS) is 10.7. The lowest BCUT2D eigenvalue weighted by molar-refractivity contribution is 0.104. The molecular weight excluding hydrogens is 222 g/mol. The molecule has 2 N–H and O–H groups in total. The van der Waals surface area contributed by atoms with E-state index in [1.807, 2.05) is 49.4 Å². The van der Waals surface area contributed by atoms with E-state index >= 15 is 0 Å². The molecule has 2 heteroatoms. The second kappa shape index (κ2) is 5.32. The molecule has 0 atom stereocenters. The first-order chi connectivity index (χ1) is 8.68. The van der Waals surface area contributed by atoms with Gasteiger partial charge in [0.2, 0.25) is 0 Å². The number of carbonyl (C=O) groups is 1. The van der Waals surface area contributed by atoms with Crippen molar-refractivity contribution in [2.75, 3.05) is 5.73 Å². The summed E-state index contributed by atoms with van der Waals surface area (Å²) in [5.74, 6) is -0.0728. The standard InChI is InChI=1S/C16H15NO/c1-12-6-2-3-7-13(12)10-11-16(18)14-8-4-5-9-15(14)17/h2-11H,17H2,1H3/b11-10+. The zero-order valence-corrected chi connectivity index (χ0v) is 10.3. The molecule has 0 unspecified atom stereocenters. The van der Waals surface area contributed by atoms with Gasteiger partial charge in [0.05, 0.1) is 0 Å². The Labute approximate surface area is 107 Å². The van der Waals surface area contributed by atoms with Gasteiger partial charge in [-0.3, -0.25) is 4.79 Å². The van der Waals surface area contributed by atoms with Crippen LogP contribution in [0.4, 0.5) is 5.69 Å². The maximum atomic E-state index is 12.0. The van der Waals surface area contributed by atoms with Gasteiger partial charge in [-0.2, -0.15) is 0 Å². The van der Waals surface area contributed by atoms with Gasteiger partial charge in [-0.15, -0.1) is 0 Å². The molecule has 0 aromatic heterocycles. The summed E-state index contributed by atoms with van der Waals surface area (Å²) in [7, 11) is 0. The van der Waals surface area contributed by atoms with E-state index in [4.69, 9.17) is 5.73 Å². The number of rotatable bonds is 3. The highest BCUT2D eigenvalue weighted by atomic mass is 16.1. The topological polar surface area (TPSA) is 43.1 Å². The fraction of sp³-hybridized carbons (Fsp3) is 0.0625. The smallest absolute Gasteiger partial charge is 0.187 e. The van der Waals surface area contributed by atoms with Crippen molar-refractivity contribution in [3.63, 3.8) is 0 Å². The average Bonchev–Trinajstić information content (AvgIpc) is 2.38. The number of hydrogen-bond acceptors (Lipinski definition) is 2. The highest BCUT2D eigenvalue weighted by Crippen LogP contribution is 2.14. The lowest BCUT2D eigenvalue weighted by atomic mass is 10.1. The van der Waals surface area contributed by atoms with E-state index < -0.39 is 0 Å². The lowest BCUT2D eigenvalue weighted by Gasteiger charge is -2.01. The SMILES string of the molecule is Cc1ccccc1/C=C/C(=O)c1ccccc1N. The summed E-state index contributed by atoms with van der Waals surface area (Å²) in [5, 5.41) is 0. The predicted molar refractivity (Wildman–Crippen MR) is 75.4 cm³/mol. The molecular formula is C16H15NO. The number of benzene rings is 2. The molecule has 0 bridgehead atoms. The Morgan fingerprint density at radius 2 is 1.72 bits per heavy atom. The third kappa shape index (κ3) is 2.66. The van der Waals surface area contributed by atoms with Crippen LogP contribution >= 0.6 is 0 Å². The lowest BCUT2D eigenvalue weighted by Crippen LogP contribution is -2.00. The van der Waals surface area contributed by atoms with Crippen LogP contribution < -0.4 is 5.73 Å². The number of nitrogen functional groups attached to an aromatic ring is 1. The molecule has 0 aliphatic carbocycles. The Morgan fingerprint density at radius 3 is 2.44 bits per heavy atom. The number of ketones is 1. The molecule has 2 rings (SSSR count). The highest BCUT2D eigenvalue weighted by Gasteiger charge is 2.04. The Balaban J connectivity index is 2.23. The highest BCUT2D eigenvalue weighted by molar-refractivity contribution is 6.10. The zero-order chi connectivity index (χ0) is 13.0. The van der Waals surface area contributed by atoms with Crippen molar-refractivity contribution < 1.29 is 4.79 Å². The monoisotopic (exact) mass is 237 g/mol. The van der Waals surface area contributed by atoms with Crippen LogP contribution in [0.3, 0.4) is 0 Å². The summed E-state index contributed by atoms with van der Waals surface area (Å²) in [5.41, 5.74) is 9.00. The average molecular weight is 237 g/mol. The van der Waals surface area contributed by atoms with Gasteiger partial charge in [-0.1, -0.05) is 42.5 Å². The van der Waals surface area contributed by atoms with E-state index in [9.17, 15) is 4.79 Å².